The maximum Gasteiger partial charge on any atom is 0.343 e. The molecular formula is C13H15N5O2. The molecule has 20 heavy (non-hydrogen) atoms. The van der Waals surface area contributed by atoms with Gasteiger partial charge in [0.05, 0.1) is 0 Å². The normalized spacial score (nSPS) is 11.1. The summed E-state index contributed by atoms with van der Waals surface area (Å²) in [5.41, 5.74) is 2.52. The van der Waals surface area contributed by atoms with Crippen LogP contribution in [0.1, 0.15) is 11.4 Å². The van der Waals surface area contributed by atoms with E-state index >= 15 is 0 Å². The highest BCUT2D eigenvalue weighted by Gasteiger charge is 2.07. The second-order valence-electron chi connectivity index (χ2n) is 4.67. The molecule has 2 aromatic heterocycles. The van der Waals surface area contributed by atoms with Crippen LogP contribution in [0.4, 0.5) is 6.01 Å². The summed E-state index contributed by atoms with van der Waals surface area (Å²) < 4.78 is 7.06. The Balaban J connectivity index is 1.68. The first-order chi connectivity index (χ1) is 9.63. The number of rotatable bonds is 4. The van der Waals surface area contributed by atoms with Gasteiger partial charge in [-0.15, -0.1) is 0 Å². The number of fused-ring (bicyclic) bond motifs is 1. The third-order valence-corrected chi connectivity index (χ3v) is 3.14. The molecule has 7 nitrogen and oxygen atoms in total. The highest BCUT2D eigenvalue weighted by Crippen LogP contribution is 2.19. The van der Waals surface area contributed by atoms with Gasteiger partial charge in [-0.05, 0) is 24.6 Å². The van der Waals surface area contributed by atoms with E-state index in [9.17, 15) is 4.79 Å². The average Bonchev–Trinajstić information content (AvgIpc) is 2.96. The van der Waals surface area contributed by atoms with Crippen LogP contribution in [0.5, 0.6) is 0 Å². The molecule has 0 saturated carbocycles. The minimum Gasteiger partial charge on any atom is -0.424 e. The highest BCUT2D eigenvalue weighted by molar-refractivity contribution is 5.75. The Morgan fingerprint density at radius 2 is 2.30 bits per heavy atom. The molecule has 0 fully saturated rings. The van der Waals surface area contributed by atoms with Crippen LogP contribution < -0.4 is 11.0 Å². The number of nitrogens with zero attached hydrogens (tertiary/aromatic N) is 3. The van der Waals surface area contributed by atoms with Crippen LogP contribution in [0.3, 0.4) is 0 Å². The Kier molecular flexibility index (Phi) is 3.02. The van der Waals surface area contributed by atoms with Crippen LogP contribution in [0.25, 0.3) is 11.1 Å². The van der Waals surface area contributed by atoms with Crippen molar-refractivity contribution in [2.45, 2.75) is 13.3 Å². The summed E-state index contributed by atoms with van der Waals surface area (Å²) in [6.45, 7) is 2.60. The van der Waals surface area contributed by atoms with E-state index in [0.717, 1.165) is 16.7 Å². The largest absolute Gasteiger partial charge is 0.424 e. The molecule has 0 amide bonds. The molecule has 7 heteroatoms. The predicted molar refractivity (Wildman–Crippen MR) is 74.8 cm³/mol. The molecule has 0 radical (unpaired) electrons. The Morgan fingerprint density at radius 3 is 3.05 bits per heavy atom. The maximum absolute atomic E-state index is 11.2. The van der Waals surface area contributed by atoms with Crippen molar-refractivity contribution in [3.8, 4) is 0 Å². The summed E-state index contributed by atoms with van der Waals surface area (Å²) in [4.78, 5) is 15.6. The molecule has 3 aromatic rings. The molecule has 0 bridgehead atoms. The van der Waals surface area contributed by atoms with Gasteiger partial charge in [-0.2, -0.15) is 10.1 Å². The number of nitrogens with one attached hydrogen (secondary N) is 2. The zero-order valence-electron chi connectivity index (χ0n) is 11.3. The molecular weight excluding hydrogens is 258 g/mol. The fourth-order valence-corrected chi connectivity index (χ4v) is 2.00. The fourth-order valence-electron chi connectivity index (χ4n) is 2.00. The van der Waals surface area contributed by atoms with E-state index in [0.29, 0.717) is 24.8 Å². The second-order valence-corrected chi connectivity index (χ2v) is 4.67. The van der Waals surface area contributed by atoms with Crippen LogP contribution in [0.15, 0.2) is 27.4 Å². The molecule has 2 N–H and O–H groups in total. The fraction of sp³-hybridized carbons (Fsp3) is 0.308. The monoisotopic (exact) mass is 273 g/mol. The van der Waals surface area contributed by atoms with Gasteiger partial charge in [0.1, 0.15) is 11.3 Å². The minimum absolute atomic E-state index is 0.211. The minimum atomic E-state index is -0.211. The van der Waals surface area contributed by atoms with E-state index in [1.54, 1.807) is 7.05 Å². The lowest BCUT2D eigenvalue weighted by molar-refractivity contribution is 0.612. The smallest absolute Gasteiger partial charge is 0.343 e. The van der Waals surface area contributed by atoms with Crippen molar-refractivity contribution in [3.05, 3.63) is 40.1 Å². The van der Waals surface area contributed by atoms with Crippen LogP contribution in [0.2, 0.25) is 0 Å². The van der Waals surface area contributed by atoms with Crippen LogP contribution in [0, 0.1) is 6.92 Å². The first-order valence-electron chi connectivity index (χ1n) is 6.35. The third kappa shape index (κ3) is 2.29. The van der Waals surface area contributed by atoms with Gasteiger partial charge in [-0.3, -0.25) is 4.57 Å². The van der Waals surface area contributed by atoms with Crippen molar-refractivity contribution in [2.24, 2.45) is 7.05 Å². The molecule has 0 aliphatic rings. The Hall–Kier alpha value is -2.57. The van der Waals surface area contributed by atoms with Gasteiger partial charge in [0, 0.05) is 20.0 Å². The van der Waals surface area contributed by atoms with Gasteiger partial charge >= 0.3 is 5.69 Å². The number of oxazole rings is 1. The van der Waals surface area contributed by atoms with E-state index in [1.807, 2.05) is 25.1 Å². The third-order valence-electron chi connectivity index (χ3n) is 3.14. The number of aromatic amines is 1. The summed E-state index contributed by atoms with van der Waals surface area (Å²) in [7, 11) is 1.68. The molecule has 104 valence electrons. The first-order valence-corrected chi connectivity index (χ1v) is 6.35. The van der Waals surface area contributed by atoms with Crippen LogP contribution >= 0.6 is 0 Å². The summed E-state index contributed by atoms with van der Waals surface area (Å²) in [5.74, 6) is 0.689. The van der Waals surface area contributed by atoms with Gasteiger partial charge in [-0.25, -0.2) is 9.89 Å². The maximum atomic E-state index is 11.2. The van der Waals surface area contributed by atoms with E-state index in [4.69, 9.17) is 4.42 Å². The van der Waals surface area contributed by atoms with Gasteiger partial charge in [0.25, 0.3) is 6.01 Å². The molecule has 0 aliphatic carbocycles. The van der Waals surface area contributed by atoms with Crippen molar-refractivity contribution in [1.82, 2.24) is 19.7 Å². The first kappa shape index (κ1) is 12.5. The average molecular weight is 273 g/mol. The van der Waals surface area contributed by atoms with Crippen molar-refractivity contribution in [3.63, 3.8) is 0 Å². The zero-order valence-corrected chi connectivity index (χ0v) is 11.3. The quantitative estimate of drug-likeness (QED) is 0.746. The molecule has 3 rings (SSSR count). The molecule has 0 saturated heterocycles. The molecule has 0 atom stereocenters. The number of aryl methyl sites for hydroxylation is 1. The van der Waals surface area contributed by atoms with E-state index in [-0.39, 0.29) is 5.69 Å². The molecule has 2 heterocycles. The van der Waals surface area contributed by atoms with Crippen molar-refractivity contribution in [1.29, 1.82) is 0 Å². The molecule has 0 spiro atoms. The van der Waals surface area contributed by atoms with Crippen LogP contribution in [-0.2, 0) is 13.5 Å². The predicted octanol–water partition coefficient (Wildman–Crippen LogP) is 1.21. The standard InChI is InChI=1S/C13H15N5O2/c1-8-3-4-10-9(7-8)15-12(20-10)14-6-5-11-16-17-13(19)18(11)2/h3-4,7H,5-6H2,1-2H3,(H,14,15)(H,17,19). The number of hydrogen-bond acceptors (Lipinski definition) is 5. The Bertz CT molecular complexity index is 799. The number of benzene rings is 1. The molecule has 0 unspecified atom stereocenters. The van der Waals surface area contributed by atoms with Gasteiger partial charge < -0.3 is 9.73 Å². The number of anilines is 1. The van der Waals surface area contributed by atoms with E-state index in [1.165, 1.54) is 4.57 Å². The number of H-pyrrole nitrogens is 1. The number of hydrogen-bond donors (Lipinski definition) is 2. The Morgan fingerprint density at radius 1 is 1.45 bits per heavy atom. The van der Waals surface area contributed by atoms with Gasteiger partial charge in [-0.1, -0.05) is 6.07 Å². The van der Waals surface area contributed by atoms with E-state index < -0.39 is 0 Å². The van der Waals surface area contributed by atoms with Crippen LogP contribution in [-0.4, -0.2) is 26.3 Å². The lowest BCUT2D eigenvalue weighted by atomic mass is 10.2. The summed E-state index contributed by atoms with van der Waals surface area (Å²) in [6, 6.07) is 6.34. The van der Waals surface area contributed by atoms with Crippen molar-refractivity contribution >= 4 is 17.1 Å². The molecule has 1 aromatic carbocycles. The SMILES string of the molecule is Cc1ccc2oc(NCCc3n[nH]c(=O)n3C)nc2c1. The van der Waals surface area contributed by atoms with Crippen molar-refractivity contribution < 1.29 is 4.42 Å². The summed E-state index contributed by atoms with van der Waals surface area (Å²) in [5, 5.41) is 9.43. The topological polar surface area (TPSA) is 88.7 Å². The summed E-state index contributed by atoms with van der Waals surface area (Å²) in [6.07, 6.45) is 0.604. The second kappa shape index (κ2) is 4.84. The van der Waals surface area contributed by atoms with Gasteiger partial charge in [0.2, 0.25) is 0 Å². The summed E-state index contributed by atoms with van der Waals surface area (Å²) >= 11 is 0. The number of aromatic nitrogens is 4. The Labute approximate surface area is 114 Å². The lowest BCUT2D eigenvalue weighted by Gasteiger charge is -2.00. The van der Waals surface area contributed by atoms with Gasteiger partial charge in [0.15, 0.2) is 5.58 Å². The zero-order chi connectivity index (χ0) is 14.1. The van der Waals surface area contributed by atoms with Crippen molar-refractivity contribution in [2.75, 3.05) is 11.9 Å². The molecule has 0 aliphatic heterocycles. The lowest BCUT2D eigenvalue weighted by Crippen LogP contribution is -2.16. The highest BCUT2D eigenvalue weighted by atomic mass is 16.4. The van der Waals surface area contributed by atoms with E-state index in [2.05, 4.69) is 20.5 Å².